The van der Waals surface area contributed by atoms with E-state index in [2.05, 4.69) is 10.3 Å². The molecule has 1 saturated heterocycles. The number of carbonyl (C=O) groups is 1. The highest BCUT2D eigenvalue weighted by atomic mass is 32.2. The van der Waals surface area contributed by atoms with E-state index in [-0.39, 0.29) is 22.3 Å². The molecule has 0 aliphatic carbocycles. The van der Waals surface area contributed by atoms with Crippen molar-refractivity contribution >= 4 is 33.4 Å². The van der Waals surface area contributed by atoms with Crippen molar-refractivity contribution in [3.05, 3.63) is 30.6 Å². The molecule has 0 radical (unpaired) electrons. The van der Waals surface area contributed by atoms with Gasteiger partial charge in [-0.3, -0.25) is 4.79 Å². The topological polar surface area (TPSA) is 93.5 Å². The zero-order valence-corrected chi connectivity index (χ0v) is 18.3. The molecule has 1 fully saturated rings. The van der Waals surface area contributed by atoms with Crippen LogP contribution in [0.3, 0.4) is 0 Å². The second kappa shape index (κ2) is 9.64. The van der Waals surface area contributed by atoms with Crippen LogP contribution in [0.4, 0.5) is 5.69 Å². The lowest BCUT2D eigenvalue weighted by atomic mass is 10.2. The minimum absolute atomic E-state index is 0.0777. The number of hydrogen-bond acceptors (Lipinski definition) is 6. The van der Waals surface area contributed by atoms with Crippen LogP contribution < -0.4 is 10.1 Å². The fourth-order valence-electron chi connectivity index (χ4n) is 3.20. The molecular formula is C19H26N4O4S2. The highest BCUT2D eigenvalue weighted by Gasteiger charge is 2.29. The van der Waals surface area contributed by atoms with Gasteiger partial charge in [-0.25, -0.2) is 13.4 Å². The van der Waals surface area contributed by atoms with Crippen LogP contribution in [0, 0.1) is 0 Å². The highest BCUT2D eigenvalue weighted by molar-refractivity contribution is 7.99. The van der Waals surface area contributed by atoms with Crippen molar-refractivity contribution < 1.29 is 17.9 Å². The second-order valence-electron chi connectivity index (χ2n) is 6.66. The molecule has 1 amide bonds. The van der Waals surface area contributed by atoms with Crippen molar-refractivity contribution in [3.63, 3.8) is 0 Å². The van der Waals surface area contributed by atoms with Gasteiger partial charge in [0.15, 0.2) is 5.16 Å². The second-order valence-corrected chi connectivity index (χ2v) is 9.51. The standard InChI is InChI=1S/C19H26N4O4S2/c1-3-22-12-9-20-19(22)28-14-18(24)21-15-7-8-16(27-2)17(13-15)29(25,26)23-10-5-4-6-11-23/h7-9,12-13H,3-6,10-11,14H2,1-2H3,(H,21,24). The van der Waals surface area contributed by atoms with Crippen LogP contribution in [0.5, 0.6) is 5.75 Å². The van der Waals surface area contributed by atoms with Gasteiger partial charge < -0.3 is 14.6 Å². The van der Waals surface area contributed by atoms with Gasteiger partial charge in [0.25, 0.3) is 0 Å². The maximum atomic E-state index is 13.1. The number of amides is 1. The van der Waals surface area contributed by atoms with Crippen LogP contribution in [0.2, 0.25) is 0 Å². The summed E-state index contributed by atoms with van der Waals surface area (Å²) in [6.07, 6.45) is 6.30. The summed E-state index contributed by atoms with van der Waals surface area (Å²) in [5.41, 5.74) is 0.422. The van der Waals surface area contributed by atoms with E-state index in [4.69, 9.17) is 4.74 Å². The third-order valence-corrected chi connectivity index (χ3v) is 7.66. The van der Waals surface area contributed by atoms with E-state index in [1.165, 1.54) is 29.2 Å². The quantitative estimate of drug-likeness (QED) is 0.637. The van der Waals surface area contributed by atoms with Crippen molar-refractivity contribution in [2.75, 3.05) is 31.3 Å². The first-order valence-corrected chi connectivity index (χ1v) is 12.0. The van der Waals surface area contributed by atoms with Crippen molar-refractivity contribution in [2.45, 2.75) is 42.8 Å². The van der Waals surface area contributed by atoms with E-state index in [1.807, 2.05) is 17.7 Å². The number of nitrogens with zero attached hydrogens (tertiary/aromatic N) is 3. The number of ether oxygens (including phenoxy) is 1. The largest absolute Gasteiger partial charge is 0.495 e. The van der Waals surface area contributed by atoms with Crippen LogP contribution >= 0.6 is 11.8 Å². The summed E-state index contributed by atoms with van der Waals surface area (Å²) < 4.78 is 34.9. The molecule has 29 heavy (non-hydrogen) atoms. The molecule has 0 atom stereocenters. The predicted octanol–water partition coefficient (Wildman–Crippen LogP) is 2.82. The summed E-state index contributed by atoms with van der Waals surface area (Å²) in [6, 6.07) is 4.69. The molecule has 1 N–H and O–H groups in total. The summed E-state index contributed by atoms with van der Waals surface area (Å²) in [5.74, 6) is 0.220. The van der Waals surface area contributed by atoms with Gasteiger partial charge in [-0.1, -0.05) is 18.2 Å². The van der Waals surface area contributed by atoms with Gasteiger partial charge in [-0.2, -0.15) is 4.31 Å². The number of anilines is 1. The summed E-state index contributed by atoms with van der Waals surface area (Å²) >= 11 is 1.33. The Kier molecular flexibility index (Phi) is 7.20. The van der Waals surface area contributed by atoms with E-state index >= 15 is 0 Å². The zero-order chi connectivity index (χ0) is 20.9. The third kappa shape index (κ3) is 5.12. The van der Waals surface area contributed by atoms with Gasteiger partial charge in [0, 0.05) is 37.7 Å². The Morgan fingerprint density at radius 3 is 2.72 bits per heavy atom. The SMILES string of the molecule is CCn1ccnc1SCC(=O)Nc1ccc(OC)c(S(=O)(=O)N2CCCCC2)c1. The minimum atomic E-state index is -3.68. The lowest BCUT2D eigenvalue weighted by Gasteiger charge is -2.26. The molecule has 0 unspecified atom stereocenters. The first kappa shape index (κ1) is 21.7. The molecule has 2 aromatic rings. The van der Waals surface area contributed by atoms with Gasteiger partial charge in [-0.15, -0.1) is 0 Å². The summed E-state index contributed by atoms with van der Waals surface area (Å²) in [7, 11) is -2.24. The lowest BCUT2D eigenvalue weighted by molar-refractivity contribution is -0.113. The smallest absolute Gasteiger partial charge is 0.246 e. The molecule has 0 spiro atoms. The first-order chi connectivity index (χ1) is 14.0. The van der Waals surface area contributed by atoms with Crippen molar-refractivity contribution in [1.82, 2.24) is 13.9 Å². The van der Waals surface area contributed by atoms with E-state index in [9.17, 15) is 13.2 Å². The number of imidazole rings is 1. The predicted molar refractivity (Wildman–Crippen MR) is 113 cm³/mol. The van der Waals surface area contributed by atoms with Crippen LogP contribution in [-0.4, -0.2) is 54.1 Å². The summed E-state index contributed by atoms with van der Waals surface area (Å²) in [5, 5.41) is 3.54. The molecule has 0 bridgehead atoms. The van der Waals surface area contributed by atoms with Gasteiger partial charge in [-0.05, 0) is 38.0 Å². The molecule has 1 aliphatic rings. The van der Waals surface area contributed by atoms with Gasteiger partial charge in [0.1, 0.15) is 10.6 Å². The van der Waals surface area contributed by atoms with E-state index < -0.39 is 10.0 Å². The van der Waals surface area contributed by atoms with E-state index in [1.54, 1.807) is 18.3 Å². The number of methoxy groups -OCH3 is 1. The van der Waals surface area contributed by atoms with E-state index in [0.29, 0.717) is 18.8 Å². The fourth-order valence-corrected chi connectivity index (χ4v) is 5.73. The van der Waals surface area contributed by atoms with Crippen molar-refractivity contribution in [1.29, 1.82) is 0 Å². The summed E-state index contributed by atoms with van der Waals surface area (Å²) in [6.45, 7) is 3.79. The maximum Gasteiger partial charge on any atom is 0.246 e. The number of sulfonamides is 1. The Morgan fingerprint density at radius 1 is 1.28 bits per heavy atom. The number of carbonyl (C=O) groups excluding carboxylic acids is 1. The van der Waals surface area contributed by atoms with Gasteiger partial charge >= 0.3 is 0 Å². The highest BCUT2D eigenvalue weighted by Crippen LogP contribution is 2.31. The minimum Gasteiger partial charge on any atom is -0.495 e. The van der Waals surface area contributed by atoms with Crippen molar-refractivity contribution in [2.24, 2.45) is 0 Å². The molecule has 2 heterocycles. The number of aromatic nitrogens is 2. The molecule has 0 saturated carbocycles. The van der Waals surface area contributed by atoms with Crippen molar-refractivity contribution in [3.8, 4) is 5.75 Å². The average Bonchev–Trinajstić information content (AvgIpc) is 3.20. The first-order valence-electron chi connectivity index (χ1n) is 9.57. The average molecular weight is 439 g/mol. The van der Waals surface area contributed by atoms with Crippen LogP contribution in [0.25, 0.3) is 0 Å². The Balaban J connectivity index is 1.73. The molecule has 1 aliphatic heterocycles. The normalized spacial score (nSPS) is 15.2. The monoisotopic (exact) mass is 438 g/mol. The number of thioether (sulfide) groups is 1. The number of nitrogens with one attached hydrogen (secondary N) is 1. The fraction of sp³-hybridized carbons (Fsp3) is 0.474. The summed E-state index contributed by atoms with van der Waals surface area (Å²) in [4.78, 5) is 16.7. The Morgan fingerprint density at radius 2 is 2.03 bits per heavy atom. The molecule has 1 aromatic heterocycles. The molecule has 8 nitrogen and oxygen atoms in total. The van der Waals surface area contributed by atoms with Gasteiger partial charge in [0.2, 0.25) is 15.9 Å². The third-order valence-electron chi connectivity index (χ3n) is 4.73. The number of benzene rings is 1. The molecular weight excluding hydrogens is 412 g/mol. The molecule has 1 aromatic carbocycles. The van der Waals surface area contributed by atoms with E-state index in [0.717, 1.165) is 31.0 Å². The number of hydrogen-bond donors (Lipinski definition) is 1. The van der Waals surface area contributed by atoms with Gasteiger partial charge in [0.05, 0.1) is 12.9 Å². The Bertz CT molecular complexity index is 953. The number of rotatable bonds is 8. The lowest BCUT2D eigenvalue weighted by Crippen LogP contribution is -2.35. The van der Waals surface area contributed by atoms with Crippen LogP contribution in [0.15, 0.2) is 40.6 Å². The molecule has 158 valence electrons. The molecule has 3 rings (SSSR count). The zero-order valence-electron chi connectivity index (χ0n) is 16.6. The molecule has 10 heteroatoms. The Hall–Kier alpha value is -2.04. The Labute approximate surface area is 175 Å². The number of piperidine rings is 1. The van der Waals surface area contributed by atoms with Crippen LogP contribution in [0.1, 0.15) is 26.2 Å². The van der Waals surface area contributed by atoms with Crippen LogP contribution in [-0.2, 0) is 21.4 Å². The number of aryl methyl sites for hydroxylation is 1. The maximum absolute atomic E-state index is 13.1.